The second-order valence-electron chi connectivity index (χ2n) is 6.41. The molecule has 0 aromatic heterocycles. The van der Waals surface area contributed by atoms with Crippen molar-refractivity contribution in [3.05, 3.63) is 35.4 Å². The van der Waals surface area contributed by atoms with E-state index in [1.165, 1.54) is 9.87 Å². The summed E-state index contributed by atoms with van der Waals surface area (Å²) in [7, 11) is -3.34. The quantitative estimate of drug-likeness (QED) is 0.820. The highest BCUT2D eigenvalue weighted by atomic mass is 32.2. The van der Waals surface area contributed by atoms with Gasteiger partial charge >= 0.3 is 0 Å². The van der Waals surface area contributed by atoms with E-state index in [2.05, 4.69) is 24.4 Å². The first-order valence-corrected chi connectivity index (χ1v) is 10.4. The minimum absolute atomic E-state index is 0.102. The molecule has 1 amide bonds. The maximum absolute atomic E-state index is 12.6. The second kappa shape index (κ2) is 8.12. The van der Waals surface area contributed by atoms with Crippen molar-refractivity contribution in [2.45, 2.75) is 58.5 Å². The van der Waals surface area contributed by atoms with E-state index in [9.17, 15) is 13.2 Å². The number of sulfonamides is 1. The molecule has 0 aliphatic carbocycles. The lowest BCUT2D eigenvalue weighted by Crippen LogP contribution is -2.47. The fraction of sp³-hybridized carbons (Fsp3) is 0.611. The zero-order chi connectivity index (χ0) is 17.7. The highest BCUT2D eigenvalue weighted by Crippen LogP contribution is 2.23. The Kier molecular flexibility index (Phi) is 6.40. The normalized spacial score (nSPS) is 20.0. The molecule has 1 saturated heterocycles. The van der Waals surface area contributed by atoms with Crippen LogP contribution in [0.5, 0.6) is 0 Å². The van der Waals surface area contributed by atoms with Crippen molar-refractivity contribution in [2.24, 2.45) is 0 Å². The number of aryl methyl sites for hydroxylation is 1. The van der Waals surface area contributed by atoms with E-state index < -0.39 is 16.1 Å². The Morgan fingerprint density at radius 1 is 1.29 bits per heavy atom. The van der Waals surface area contributed by atoms with Crippen LogP contribution in [0.15, 0.2) is 24.3 Å². The lowest BCUT2D eigenvalue weighted by molar-refractivity contribution is -0.124. The molecule has 1 aliphatic heterocycles. The summed E-state index contributed by atoms with van der Waals surface area (Å²) in [5.74, 6) is -0.0931. The lowest BCUT2D eigenvalue weighted by atomic mass is 10.0. The van der Waals surface area contributed by atoms with Crippen LogP contribution in [0.25, 0.3) is 0 Å². The van der Waals surface area contributed by atoms with E-state index in [-0.39, 0.29) is 17.7 Å². The Morgan fingerprint density at radius 3 is 2.54 bits per heavy atom. The van der Waals surface area contributed by atoms with Gasteiger partial charge in [-0.15, -0.1) is 0 Å². The Morgan fingerprint density at radius 2 is 1.96 bits per heavy atom. The van der Waals surface area contributed by atoms with Crippen LogP contribution in [-0.2, 0) is 21.2 Å². The molecule has 5 nitrogen and oxygen atoms in total. The maximum atomic E-state index is 12.6. The predicted octanol–water partition coefficient (Wildman–Crippen LogP) is 2.63. The van der Waals surface area contributed by atoms with Gasteiger partial charge in [-0.25, -0.2) is 8.42 Å². The summed E-state index contributed by atoms with van der Waals surface area (Å²) in [6, 6.07) is 7.45. The summed E-state index contributed by atoms with van der Waals surface area (Å²) in [5, 5.41) is 2.97. The first kappa shape index (κ1) is 18.9. The van der Waals surface area contributed by atoms with Crippen LogP contribution in [-0.4, -0.2) is 37.0 Å². The number of hydrogen-bond donors (Lipinski definition) is 1. The SMILES string of the molecule is CCCS(=O)(=O)N1CCCC1C(=O)NC(C)c1ccc(CC)cc1. The summed E-state index contributed by atoms with van der Waals surface area (Å²) in [5.41, 5.74) is 2.28. The fourth-order valence-corrected chi connectivity index (χ4v) is 4.89. The van der Waals surface area contributed by atoms with Gasteiger partial charge in [0, 0.05) is 6.54 Å². The van der Waals surface area contributed by atoms with E-state index in [4.69, 9.17) is 0 Å². The molecule has 2 rings (SSSR count). The van der Waals surface area contributed by atoms with E-state index in [1.807, 2.05) is 26.0 Å². The van der Waals surface area contributed by atoms with Crippen molar-refractivity contribution in [3.8, 4) is 0 Å². The van der Waals surface area contributed by atoms with Gasteiger partial charge in [-0.05, 0) is 43.7 Å². The molecule has 1 aliphatic rings. The molecule has 134 valence electrons. The third kappa shape index (κ3) is 4.36. The van der Waals surface area contributed by atoms with Crippen molar-refractivity contribution in [1.82, 2.24) is 9.62 Å². The van der Waals surface area contributed by atoms with Gasteiger partial charge in [0.25, 0.3) is 0 Å². The monoisotopic (exact) mass is 352 g/mol. The summed E-state index contributed by atoms with van der Waals surface area (Å²) < 4.78 is 26.0. The molecule has 0 radical (unpaired) electrons. The van der Waals surface area contributed by atoms with Gasteiger partial charge in [-0.2, -0.15) is 4.31 Å². The molecule has 1 aromatic carbocycles. The molecular weight excluding hydrogens is 324 g/mol. The van der Waals surface area contributed by atoms with Crippen molar-refractivity contribution in [2.75, 3.05) is 12.3 Å². The standard InChI is InChI=1S/C18H28N2O3S/c1-4-13-24(22,23)20-12-6-7-17(20)18(21)19-14(3)16-10-8-15(5-2)9-11-16/h8-11,14,17H,4-7,12-13H2,1-3H3,(H,19,21). The number of benzene rings is 1. The zero-order valence-electron chi connectivity index (χ0n) is 14.8. The molecular formula is C18H28N2O3S. The van der Waals surface area contributed by atoms with Crippen molar-refractivity contribution in [1.29, 1.82) is 0 Å². The molecule has 2 atom stereocenters. The van der Waals surface area contributed by atoms with Crippen LogP contribution in [0.3, 0.4) is 0 Å². The Bertz CT molecular complexity index is 655. The maximum Gasteiger partial charge on any atom is 0.238 e. The molecule has 0 saturated carbocycles. The largest absolute Gasteiger partial charge is 0.348 e. The molecule has 24 heavy (non-hydrogen) atoms. The lowest BCUT2D eigenvalue weighted by Gasteiger charge is -2.25. The van der Waals surface area contributed by atoms with Gasteiger partial charge < -0.3 is 5.32 Å². The average Bonchev–Trinajstić information content (AvgIpc) is 3.05. The number of carbonyl (C=O) groups is 1. The van der Waals surface area contributed by atoms with E-state index in [1.54, 1.807) is 0 Å². The molecule has 6 heteroatoms. The van der Waals surface area contributed by atoms with Gasteiger partial charge in [0.05, 0.1) is 11.8 Å². The summed E-state index contributed by atoms with van der Waals surface area (Å²) in [6.45, 7) is 6.31. The van der Waals surface area contributed by atoms with E-state index in [0.717, 1.165) is 18.4 Å². The number of hydrogen-bond acceptors (Lipinski definition) is 3. The first-order valence-electron chi connectivity index (χ1n) is 8.77. The van der Waals surface area contributed by atoms with Gasteiger partial charge in [0.2, 0.25) is 15.9 Å². The van der Waals surface area contributed by atoms with E-state index in [0.29, 0.717) is 19.4 Å². The third-order valence-electron chi connectivity index (χ3n) is 4.57. The Labute approximate surface area is 145 Å². The predicted molar refractivity (Wildman–Crippen MR) is 96.2 cm³/mol. The highest BCUT2D eigenvalue weighted by Gasteiger charge is 2.38. The van der Waals surface area contributed by atoms with Crippen LogP contribution in [0.4, 0.5) is 0 Å². The minimum atomic E-state index is -3.34. The number of carbonyl (C=O) groups excluding carboxylic acids is 1. The van der Waals surface area contributed by atoms with Gasteiger partial charge in [0.15, 0.2) is 0 Å². The Hall–Kier alpha value is -1.40. The third-order valence-corrected chi connectivity index (χ3v) is 6.65. The number of nitrogens with one attached hydrogen (secondary N) is 1. The van der Waals surface area contributed by atoms with Crippen molar-refractivity contribution < 1.29 is 13.2 Å². The first-order chi connectivity index (χ1) is 11.4. The smallest absolute Gasteiger partial charge is 0.238 e. The number of amides is 1. The van der Waals surface area contributed by atoms with Gasteiger partial charge in [-0.3, -0.25) is 4.79 Å². The molecule has 0 spiro atoms. The average molecular weight is 353 g/mol. The number of rotatable bonds is 7. The Balaban J connectivity index is 2.04. The second-order valence-corrected chi connectivity index (χ2v) is 8.45. The molecule has 1 fully saturated rings. The van der Waals surface area contributed by atoms with E-state index >= 15 is 0 Å². The minimum Gasteiger partial charge on any atom is -0.348 e. The zero-order valence-corrected chi connectivity index (χ0v) is 15.6. The summed E-state index contributed by atoms with van der Waals surface area (Å²) in [6.07, 6.45) is 2.87. The molecule has 2 unspecified atom stereocenters. The molecule has 0 bridgehead atoms. The van der Waals surface area contributed by atoms with Crippen molar-refractivity contribution in [3.63, 3.8) is 0 Å². The molecule has 1 aromatic rings. The van der Waals surface area contributed by atoms with Crippen LogP contribution in [0.2, 0.25) is 0 Å². The van der Waals surface area contributed by atoms with Crippen LogP contribution >= 0.6 is 0 Å². The van der Waals surface area contributed by atoms with Crippen LogP contribution in [0, 0.1) is 0 Å². The number of nitrogens with zero attached hydrogens (tertiary/aromatic N) is 1. The van der Waals surface area contributed by atoms with Crippen LogP contribution < -0.4 is 5.32 Å². The van der Waals surface area contributed by atoms with Gasteiger partial charge in [-0.1, -0.05) is 38.1 Å². The molecule has 1 N–H and O–H groups in total. The van der Waals surface area contributed by atoms with Gasteiger partial charge in [0.1, 0.15) is 6.04 Å². The molecule has 1 heterocycles. The summed E-state index contributed by atoms with van der Waals surface area (Å²) >= 11 is 0. The van der Waals surface area contributed by atoms with Crippen LogP contribution in [0.1, 0.15) is 57.2 Å². The van der Waals surface area contributed by atoms with Crippen molar-refractivity contribution >= 4 is 15.9 Å². The summed E-state index contributed by atoms with van der Waals surface area (Å²) in [4.78, 5) is 12.6. The topological polar surface area (TPSA) is 66.5 Å². The highest BCUT2D eigenvalue weighted by molar-refractivity contribution is 7.89. The fourth-order valence-electron chi connectivity index (χ4n) is 3.15.